The van der Waals surface area contributed by atoms with Crippen molar-refractivity contribution in [2.75, 3.05) is 13.6 Å². The van der Waals surface area contributed by atoms with Gasteiger partial charge >= 0.3 is 0 Å². The number of aliphatic hydroxyl groups is 2. The van der Waals surface area contributed by atoms with Gasteiger partial charge in [0.15, 0.2) is 0 Å². The molecule has 3 aromatic rings. The van der Waals surface area contributed by atoms with Crippen LogP contribution in [0, 0.1) is 6.92 Å². The third-order valence-corrected chi connectivity index (χ3v) is 5.93. The summed E-state index contributed by atoms with van der Waals surface area (Å²) in [6, 6.07) is 14.2. The number of hydrogen-bond acceptors (Lipinski definition) is 3. The van der Waals surface area contributed by atoms with E-state index in [0.29, 0.717) is 6.54 Å². The number of aryl methyl sites for hydroxylation is 1. The Morgan fingerprint density at radius 2 is 1.89 bits per heavy atom. The molecular weight excluding hydrogens is 336 g/mol. The summed E-state index contributed by atoms with van der Waals surface area (Å²) in [7, 11) is 2.15. The third kappa shape index (κ3) is 3.18. The molecule has 142 valence electrons. The molecule has 0 saturated heterocycles. The lowest BCUT2D eigenvalue weighted by molar-refractivity contribution is 0.0385. The molecule has 1 aromatic heterocycles. The number of fused-ring (bicyclic) bond motifs is 3. The van der Waals surface area contributed by atoms with Gasteiger partial charge in [0.25, 0.3) is 0 Å². The number of hydrogen-bond donors (Lipinski definition) is 2. The van der Waals surface area contributed by atoms with Crippen LogP contribution >= 0.6 is 0 Å². The maximum absolute atomic E-state index is 11.3. The highest BCUT2D eigenvalue weighted by Crippen LogP contribution is 2.35. The van der Waals surface area contributed by atoms with Crippen LogP contribution in [0.25, 0.3) is 10.9 Å². The zero-order chi connectivity index (χ0) is 19.2. The third-order valence-electron chi connectivity index (χ3n) is 5.93. The minimum Gasteiger partial charge on any atom is -0.392 e. The molecule has 0 fully saturated rings. The van der Waals surface area contributed by atoms with Gasteiger partial charge < -0.3 is 19.7 Å². The molecule has 27 heavy (non-hydrogen) atoms. The fraction of sp³-hybridized carbons (Fsp3) is 0.391. The van der Waals surface area contributed by atoms with Crippen LogP contribution in [0.4, 0.5) is 0 Å². The van der Waals surface area contributed by atoms with Gasteiger partial charge in [-0.3, -0.25) is 0 Å². The van der Waals surface area contributed by atoms with Gasteiger partial charge in [-0.2, -0.15) is 0 Å². The largest absolute Gasteiger partial charge is 0.392 e. The van der Waals surface area contributed by atoms with E-state index in [1.54, 1.807) is 0 Å². The second kappa shape index (κ2) is 6.79. The van der Waals surface area contributed by atoms with Crippen molar-refractivity contribution in [2.45, 2.75) is 45.6 Å². The van der Waals surface area contributed by atoms with Crippen LogP contribution < -0.4 is 0 Å². The molecule has 0 spiro atoms. The Morgan fingerprint density at radius 3 is 2.59 bits per heavy atom. The second-order valence-corrected chi connectivity index (χ2v) is 8.09. The zero-order valence-corrected chi connectivity index (χ0v) is 16.4. The van der Waals surface area contributed by atoms with Crippen molar-refractivity contribution in [1.29, 1.82) is 0 Å². The standard InChI is InChI=1S/C23H28N2O2/c1-16-11-19-20-13-24(3)10-9-21(20)25(22(19)12-17(16)14-26)15-23(2,27)18-7-5-4-6-8-18/h4-8,11-12,26-27H,9-10,13-15H2,1-3H3. The highest BCUT2D eigenvalue weighted by atomic mass is 16.3. The molecule has 0 saturated carbocycles. The minimum absolute atomic E-state index is 0.0343. The molecule has 0 aliphatic carbocycles. The van der Waals surface area contributed by atoms with Crippen molar-refractivity contribution < 1.29 is 10.2 Å². The molecule has 4 nitrogen and oxygen atoms in total. The molecule has 4 rings (SSSR count). The fourth-order valence-electron chi connectivity index (χ4n) is 4.32. The Balaban J connectivity index is 1.89. The monoisotopic (exact) mass is 364 g/mol. The normalized spacial score (nSPS) is 17.1. The van der Waals surface area contributed by atoms with Gasteiger partial charge in [0, 0.05) is 36.1 Å². The van der Waals surface area contributed by atoms with Crippen LogP contribution in [-0.4, -0.2) is 33.3 Å². The first kappa shape index (κ1) is 18.2. The lowest BCUT2D eigenvalue weighted by Gasteiger charge is -2.29. The average Bonchev–Trinajstić information content (AvgIpc) is 2.93. The van der Waals surface area contributed by atoms with Crippen molar-refractivity contribution in [3.63, 3.8) is 0 Å². The second-order valence-electron chi connectivity index (χ2n) is 8.09. The van der Waals surface area contributed by atoms with E-state index in [-0.39, 0.29) is 6.61 Å². The molecule has 2 aromatic carbocycles. The molecular formula is C23H28N2O2. The maximum atomic E-state index is 11.3. The van der Waals surface area contributed by atoms with Gasteiger partial charge in [0.1, 0.15) is 5.60 Å². The SMILES string of the molecule is Cc1cc2c3c(n(CC(C)(O)c4ccccc4)c2cc1CO)CCN(C)C3. The fourth-order valence-corrected chi connectivity index (χ4v) is 4.32. The van der Waals surface area contributed by atoms with Crippen molar-refractivity contribution >= 4 is 10.9 Å². The van der Waals surface area contributed by atoms with Crippen LogP contribution in [0.2, 0.25) is 0 Å². The number of benzene rings is 2. The molecule has 0 bridgehead atoms. The maximum Gasteiger partial charge on any atom is 0.105 e. The minimum atomic E-state index is -0.964. The molecule has 1 aliphatic heterocycles. The van der Waals surface area contributed by atoms with Crippen molar-refractivity contribution in [3.8, 4) is 0 Å². The lowest BCUT2D eigenvalue weighted by Crippen LogP contribution is -2.31. The Bertz CT molecular complexity index is 973. The first-order valence-corrected chi connectivity index (χ1v) is 9.61. The molecule has 1 aliphatic rings. The van der Waals surface area contributed by atoms with Crippen LogP contribution in [-0.2, 0) is 31.7 Å². The van der Waals surface area contributed by atoms with Crippen molar-refractivity contribution in [2.24, 2.45) is 0 Å². The van der Waals surface area contributed by atoms with Crippen LogP contribution in [0.15, 0.2) is 42.5 Å². The molecule has 0 radical (unpaired) electrons. The van der Waals surface area contributed by atoms with Gasteiger partial charge in [-0.1, -0.05) is 30.3 Å². The van der Waals surface area contributed by atoms with E-state index in [1.165, 1.54) is 16.6 Å². The Morgan fingerprint density at radius 1 is 1.15 bits per heavy atom. The molecule has 4 heteroatoms. The highest BCUT2D eigenvalue weighted by Gasteiger charge is 2.29. The molecule has 0 amide bonds. The first-order chi connectivity index (χ1) is 12.9. The average molecular weight is 364 g/mol. The van der Waals surface area contributed by atoms with Gasteiger partial charge in [0.05, 0.1) is 13.2 Å². The van der Waals surface area contributed by atoms with Crippen LogP contribution in [0.5, 0.6) is 0 Å². The Hall–Kier alpha value is -2.14. The van der Waals surface area contributed by atoms with Gasteiger partial charge in [-0.25, -0.2) is 0 Å². The van der Waals surface area contributed by atoms with Gasteiger partial charge in [0.2, 0.25) is 0 Å². The molecule has 1 unspecified atom stereocenters. The van der Waals surface area contributed by atoms with E-state index in [9.17, 15) is 10.2 Å². The first-order valence-electron chi connectivity index (χ1n) is 9.61. The number of likely N-dealkylation sites (N-methyl/N-ethyl adjacent to an activating group) is 1. The van der Waals surface area contributed by atoms with Crippen molar-refractivity contribution in [3.05, 3.63) is 70.4 Å². The number of aromatic nitrogens is 1. The zero-order valence-electron chi connectivity index (χ0n) is 16.4. The van der Waals surface area contributed by atoms with E-state index in [1.807, 2.05) is 37.3 Å². The summed E-state index contributed by atoms with van der Waals surface area (Å²) in [5.41, 5.74) is 5.81. The Labute approximate surface area is 160 Å². The predicted molar refractivity (Wildman–Crippen MR) is 109 cm³/mol. The lowest BCUT2D eigenvalue weighted by atomic mass is 9.95. The number of aliphatic hydroxyl groups excluding tert-OH is 1. The van der Waals surface area contributed by atoms with E-state index in [4.69, 9.17) is 0 Å². The van der Waals surface area contributed by atoms with E-state index in [0.717, 1.165) is 41.7 Å². The quantitative estimate of drug-likeness (QED) is 0.746. The van der Waals surface area contributed by atoms with E-state index < -0.39 is 5.60 Å². The summed E-state index contributed by atoms with van der Waals surface area (Å²) >= 11 is 0. The summed E-state index contributed by atoms with van der Waals surface area (Å²) in [6.45, 7) is 6.41. The molecule has 2 N–H and O–H groups in total. The Kier molecular flexibility index (Phi) is 4.58. The summed E-state index contributed by atoms with van der Waals surface area (Å²) in [6.07, 6.45) is 0.971. The summed E-state index contributed by atoms with van der Waals surface area (Å²) < 4.78 is 2.28. The van der Waals surface area contributed by atoms with Crippen LogP contribution in [0.3, 0.4) is 0 Å². The summed E-state index contributed by atoms with van der Waals surface area (Å²) in [4.78, 5) is 2.34. The van der Waals surface area contributed by atoms with E-state index in [2.05, 4.69) is 35.6 Å². The van der Waals surface area contributed by atoms with Crippen molar-refractivity contribution in [1.82, 2.24) is 9.47 Å². The van der Waals surface area contributed by atoms with Crippen LogP contribution in [0.1, 0.15) is 34.9 Å². The van der Waals surface area contributed by atoms with Gasteiger partial charge in [-0.15, -0.1) is 0 Å². The number of rotatable bonds is 4. The highest BCUT2D eigenvalue weighted by molar-refractivity contribution is 5.87. The summed E-state index contributed by atoms with van der Waals surface area (Å²) in [5, 5.41) is 22.3. The summed E-state index contributed by atoms with van der Waals surface area (Å²) in [5.74, 6) is 0. The predicted octanol–water partition coefficient (Wildman–Crippen LogP) is 3.34. The number of nitrogens with zero attached hydrogens (tertiary/aromatic N) is 2. The topological polar surface area (TPSA) is 48.6 Å². The van der Waals surface area contributed by atoms with Gasteiger partial charge in [-0.05, 0) is 55.3 Å². The smallest absolute Gasteiger partial charge is 0.105 e. The molecule has 2 heterocycles. The van der Waals surface area contributed by atoms with E-state index >= 15 is 0 Å². The molecule has 1 atom stereocenters.